The SMILES string of the molecule is O=C(O)c1c(F)cccc1-c1ccc2c(c1)OCCCO2. The van der Waals surface area contributed by atoms with Gasteiger partial charge < -0.3 is 14.6 Å². The molecule has 0 radical (unpaired) electrons. The van der Waals surface area contributed by atoms with E-state index in [1.165, 1.54) is 6.07 Å². The van der Waals surface area contributed by atoms with E-state index in [-0.39, 0.29) is 5.56 Å². The Labute approximate surface area is 120 Å². The molecule has 1 heterocycles. The van der Waals surface area contributed by atoms with Crippen LogP contribution in [0.5, 0.6) is 11.5 Å². The highest BCUT2D eigenvalue weighted by atomic mass is 19.1. The van der Waals surface area contributed by atoms with Crippen molar-refractivity contribution in [3.05, 3.63) is 47.8 Å². The zero-order valence-electron chi connectivity index (χ0n) is 11.1. The Balaban J connectivity index is 2.11. The normalized spacial score (nSPS) is 13.6. The van der Waals surface area contributed by atoms with Crippen LogP contribution in [0.3, 0.4) is 0 Å². The summed E-state index contributed by atoms with van der Waals surface area (Å²) in [7, 11) is 0. The molecule has 3 rings (SSSR count). The van der Waals surface area contributed by atoms with E-state index >= 15 is 0 Å². The van der Waals surface area contributed by atoms with Gasteiger partial charge in [-0.15, -0.1) is 0 Å². The number of ether oxygens (including phenoxy) is 2. The maximum absolute atomic E-state index is 13.8. The second-order valence-electron chi connectivity index (χ2n) is 4.68. The lowest BCUT2D eigenvalue weighted by atomic mass is 9.99. The molecule has 0 bridgehead atoms. The van der Waals surface area contributed by atoms with Crippen LogP contribution in [-0.4, -0.2) is 24.3 Å². The minimum absolute atomic E-state index is 0.318. The van der Waals surface area contributed by atoms with Crippen LogP contribution in [0.25, 0.3) is 11.1 Å². The van der Waals surface area contributed by atoms with Gasteiger partial charge in [0, 0.05) is 6.42 Å². The van der Waals surface area contributed by atoms with Crippen LogP contribution in [-0.2, 0) is 0 Å². The molecule has 21 heavy (non-hydrogen) atoms. The minimum atomic E-state index is -1.30. The maximum Gasteiger partial charge on any atom is 0.339 e. The fourth-order valence-electron chi connectivity index (χ4n) is 2.31. The lowest BCUT2D eigenvalue weighted by molar-refractivity contribution is 0.0693. The highest BCUT2D eigenvalue weighted by Gasteiger charge is 2.18. The van der Waals surface area contributed by atoms with Crippen molar-refractivity contribution in [2.24, 2.45) is 0 Å². The number of benzene rings is 2. The van der Waals surface area contributed by atoms with Gasteiger partial charge in [-0.2, -0.15) is 0 Å². The van der Waals surface area contributed by atoms with Crippen molar-refractivity contribution in [3.8, 4) is 22.6 Å². The Morgan fingerprint density at radius 3 is 2.62 bits per heavy atom. The molecule has 108 valence electrons. The molecule has 5 heteroatoms. The molecule has 2 aromatic rings. The Morgan fingerprint density at radius 1 is 1.10 bits per heavy atom. The molecule has 2 aromatic carbocycles. The van der Waals surface area contributed by atoms with E-state index in [1.54, 1.807) is 24.3 Å². The van der Waals surface area contributed by atoms with Crippen LogP contribution >= 0.6 is 0 Å². The van der Waals surface area contributed by atoms with Crippen LogP contribution in [0.4, 0.5) is 4.39 Å². The average Bonchev–Trinajstić information content (AvgIpc) is 2.71. The van der Waals surface area contributed by atoms with E-state index in [0.717, 1.165) is 12.5 Å². The van der Waals surface area contributed by atoms with Crippen molar-refractivity contribution in [3.63, 3.8) is 0 Å². The van der Waals surface area contributed by atoms with E-state index in [1.807, 2.05) is 0 Å². The summed E-state index contributed by atoms with van der Waals surface area (Å²) in [6.45, 7) is 1.11. The van der Waals surface area contributed by atoms with E-state index in [4.69, 9.17) is 9.47 Å². The van der Waals surface area contributed by atoms with Crippen molar-refractivity contribution >= 4 is 5.97 Å². The van der Waals surface area contributed by atoms with Gasteiger partial charge in [0.2, 0.25) is 0 Å². The Hall–Kier alpha value is -2.56. The average molecular weight is 288 g/mol. The molecule has 0 aliphatic carbocycles. The number of carbonyl (C=O) groups is 1. The fourth-order valence-corrected chi connectivity index (χ4v) is 2.31. The van der Waals surface area contributed by atoms with Crippen LogP contribution in [0.1, 0.15) is 16.8 Å². The Bertz CT molecular complexity index is 697. The molecular formula is C16H13FO4. The summed E-state index contributed by atoms with van der Waals surface area (Å²) in [6, 6.07) is 9.30. The van der Waals surface area contributed by atoms with Crippen LogP contribution in [0.15, 0.2) is 36.4 Å². The summed E-state index contributed by atoms with van der Waals surface area (Å²) < 4.78 is 24.9. The standard InChI is InChI=1S/C16H13FO4/c17-12-4-1-3-11(15(12)16(18)19)10-5-6-13-14(9-10)21-8-2-7-20-13/h1,3-6,9H,2,7-8H2,(H,18,19). The summed E-state index contributed by atoms with van der Waals surface area (Å²) in [5, 5.41) is 9.20. The molecule has 0 atom stereocenters. The molecule has 0 unspecified atom stereocenters. The first-order valence-electron chi connectivity index (χ1n) is 6.58. The smallest absolute Gasteiger partial charge is 0.339 e. The first-order chi connectivity index (χ1) is 10.2. The molecule has 1 aliphatic heterocycles. The third kappa shape index (κ3) is 2.54. The van der Waals surface area contributed by atoms with E-state index < -0.39 is 11.8 Å². The molecule has 1 aliphatic rings. The van der Waals surface area contributed by atoms with Crippen molar-refractivity contribution < 1.29 is 23.8 Å². The molecule has 0 aromatic heterocycles. The van der Waals surface area contributed by atoms with E-state index in [0.29, 0.717) is 35.8 Å². The van der Waals surface area contributed by atoms with Gasteiger partial charge in [-0.25, -0.2) is 9.18 Å². The third-order valence-corrected chi connectivity index (χ3v) is 3.29. The Kier molecular flexibility index (Phi) is 3.48. The minimum Gasteiger partial charge on any atom is -0.490 e. The largest absolute Gasteiger partial charge is 0.490 e. The second kappa shape index (κ2) is 5.44. The first kappa shape index (κ1) is 13.4. The molecule has 0 fully saturated rings. The molecule has 1 N–H and O–H groups in total. The summed E-state index contributed by atoms with van der Waals surface area (Å²) in [5.74, 6) is -0.891. The van der Waals surface area contributed by atoms with Crippen LogP contribution < -0.4 is 9.47 Å². The van der Waals surface area contributed by atoms with Crippen LogP contribution in [0.2, 0.25) is 0 Å². The van der Waals surface area contributed by atoms with Gasteiger partial charge in [0.25, 0.3) is 0 Å². The summed E-state index contributed by atoms with van der Waals surface area (Å²) in [5.41, 5.74) is 0.557. The third-order valence-electron chi connectivity index (χ3n) is 3.29. The molecule has 0 spiro atoms. The number of hydrogen-bond acceptors (Lipinski definition) is 3. The van der Waals surface area contributed by atoms with Crippen molar-refractivity contribution in [2.75, 3.05) is 13.2 Å². The lowest BCUT2D eigenvalue weighted by Gasteiger charge is -2.11. The summed E-state index contributed by atoms with van der Waals surface area (Å²) in [4.78, 5) is 11.3. The van der Waals surface area contributed by atoms with Gasteiger partial charge in [0.1, 0.15) is 11.4 Å². The number of carboxylic acids is 1. The number of fused-ring (bicyclic) bond motifs is 1. The van der Waals surface area contributed by atoms with Gasteiger partial charge in [-0.3, -0.25) is 0 Å². The number of carboxylic acid groups (broad SMARTS) is 1. The zero-order valence-corrected chi connectivity index (χ0v) is 11.1. The number of halogens is 1. The molecule has 0 amide bonds. The monoisotopic (exact) mass is 288 g/mol. The molecule has 0 saturated carbocycles. The number of hydrogen-bond donors (Lipinski definition) is 1. The van der Waals surface area contributed by atoms with Gasteiger partial charge in [0.05, 0.1) is 13.2 Å². The van der Waals surface area contributed by atoms with Crippen molar-refractivity contribution in [2.45, 2.75) is 6.42 Å². The second-order valence-corrected chi connectivity index (χ2v) is 4.68. The topological polar surface area (TPSA) is 55.8 Å². The lowest BCUT2D eigenvalue weighted by Crippen LogP contribution is -2.03. The van der Waals surface area contributed by atoms with Crippen molar-refractivity contribution in [1.29, 1.82) is 0 Å². The van der Waals surface area contributed by atoms with Crippen LogP contribution in [0, 0.1) is 5.82 Å². The molecule has 4 nitrogen and oxygen atoms in total. The molecular weight excluding hydrogens is 275 g/mol. The van der Waals surface area contributed by atoms with E-state index in [9.17, 15) is 14.3 Å². The first-order valence-corrected chi connectivity index (χ1v) is 6.58. The van der Waals surface area contributed by atoms with Gasteiger partial charge >= 0.3 is 5.97 Å². The highest BCUT2D eigenvalue weighted by molar-refractivity contribution is 5.96. The van der Waals surface area contributed by atoms with E-state index in [2.05, 4.69) is 0 Å². The number of rotatable bonds is 2. The predicted octanol–water partition coefficient (Wildman–Crippen LogP) is 3.35. The highest BCUT2D eigenvalue weighted by Crippen LogP contribution is 2.35. The van der Waals surface area contributed by atoms with Gasteiger partial charge in [-0.1, -0.05) is 18.2 Å². The quantitative estimate of drug-likeness (QED) is 0.920. The fraction of sp³-hybridized carbons (Fsp3) is 0.188. The van der Waals surface area contributed by atoms with Gasteiger partial charge in [0.15, 0.2) is 11.5 Å². The summed E-state index contributed by atoms with van der Waals surface area (Å²) >= 11 is 0. The van der Waals surface area contributed by atoms with Gasteiger partial charge in [-0.05, 0) is 29.3 Å². The molecule has 0 saturated heterocycles. The number of aromatic carboxylic acids is 1. The predicted molar refractivity (Wildman–Crippen MR) is 74.4 cm³/mol. The zero-order chi connectivity index (χ0) is 14.8. The maximum atomic E-state index is 13.8. The summed E-state index contributed by atoms with van der Waals surface area (Å²) in [6.07, 6.45) is 0.782. The Morgan fingerprint density at radius 2 is 1.86 bits per heavy atom. The van der Waals surface area contributed by atoms with Crippen molar-refractivity contribution in [1.82, 2.24) is 0 Å².